The van der Waals surface area contributed by atoms with Crippen LogP contribution in [0.25, 0.3) is 0 Å². The zero-order chi connectivity index (χ0) is 15.7. The van der Waals surface area contributed by atoms with Crippen molar-refractivity contribution in [2.24, 2.45) is 0 Å². The van der Waals surface area contributed by atoms with Crippen LogP contribution < -0.4 is 4.74 Å². The van der Waals surface area contributed by atoms with Gasteiger partial charge in [0.05, 0.1) is 5.60 Å². The Labute approximate surface area is 127 Å². The lowest BCUT2D eigenvalue weighted by molar-refractivity contribution is -0.124. The Morgan fingerprint density at radius 2 is 1.76 bits per heavy atom. The molecule has 0 amide bonds. The fourth-order valence-electron chi connectivity index (χ4n) is 1.77. The number of aryl methyl sites for hydroxylation is 1. The van der Waals surface area contributed by atoms with E-state index in [1.165, 1.54) is 12.7 Å². The normalized spacial score (nSPS) is 11.4. The molecule has 0 saturated carbocycles. The Kier molecular flexibility index (Phi) is 7.40. The first-order valence-electron chi connectivity index (χ1n) is 7.27. The largest absolute Gasteiger partial charge is 0.486 e. The lowest BCUT2D eigenvalue weighted by atomic mass is 10.1. The van der Waals surface area contributed by atoms with Crippen molar-refractivity contribution in [3.05, 3.63) is 29.8 Å². The number of ketones is 1. The van der Waals surface area contributed by atoms with Gasteiger partial charge in [-0.15, -0.1) is 0 Å². The van der Waals surface area contributed by atoms with Crippen molar-refractivity contribution >= 4 is 5.78 Å². The molecule has 0 saturated heterocycles. The minimum atomic E-state index is -0.0769. The second-order valence-corrected chi connectivity index (χ2v) is 5.97. The summed E-state index contributed by atoms with van der Waals surface area (Å²) in [4.78, 5) is 11.3. The summed E-state index contributed by atoms with van der Waals surface area (Å²) in [6.07, 6.45) is 1.96. The van der Waals surface area contributed by atoms with Crippen LogP contribution in [0.2, 0.25) is 0 Å². The summed E-state index contributed by atoms with van der Waals surface area (Å²) in [7, 11) is 1.50. The molecule has 0 unspecified atom stereocenters. The number of rotatable bonds is 9. The van der Waals surface area contributed by atoms with E-state index < -0.39 is 0 Å². The van der Waals surface area contributed by atoms with E-state index in [1.54, 1.807) is 0 Å². The summed E-state index contributed by atoms with van der Waals surface area (Å²) < 4.78 is 15.8. The molecule has 118 valence electrons. The van der Waals surface area contributed by atoms with Crippen molar-refractivity contribution in [1.82, 2.24) is 0 Å². The predicted molar refractivity (Wildman–Crippen MR) is 82.8 cm³/mol. The molecule has 4 heteroatoms. The molecular formula is C17H26O4. The molecule has 0 spiro atoms. The zero-order valence-corrected chi connectivity index (χ0v) is 13.5. The van der Waals surface area contributed by atoms with Gasteiger partial charge in [-0.1, -0.05) is 12.1 Å². The van der Waals surface area contributed by atoms with E-state index in [-0.39, 0.29) is 24.6 Å². The van der Waals surface area contributed by atoms with E-state index in [2.05, 4.69) is 20.8 Å². The molecule has 0 atom stereocenters. The van der Waals surface area contributed by atoms with Gasteiger partial charge in [0.1, 0.15) is 19.0 Å². The third-order valence-corrected chi connectivity index (χ3v) is 2.77. The Hall–Kier alpha value is -1.39. The van der Waals surface area contributed by atoms with Crippen LogP contribution in [-0.4, -0.2) is 38.3 Å². The van der Waals surface area contributed by atoms with Crippen LogP contribution in [0.1, 0.15) is 32.8 Å². The highest BCUT2D eigenvalue weighted by Gasteiger charge is 2.09. The number of carbonyl (C=O) groups excluding carboxylic acids is 1. The molecule has 0 bridgehead atoms. The van der Waals surface area contributed by atoms with Crippen molar-refractivity contribution in [1.29, 1.82) is 0 Å². The lowest BCUT2D eigenvalue weighted by Gasteiger charge is -2.19. The van der Waals surface area contributed by atoms with Gasteiger partial charge in [-0.05, 0) is 51.3 Å². The van der Waals surface area contributed by atoms with E-state index in [0.717, 1.165) is 19.4 Å². The van der Waals surface area contributed by atoms with Gasteiger partial charge in [0.15, 0.2) is 5.78 Å². The zero-order valence-electron chi connectivity index (χ0n) is 13.5. The van der Waals surface area contributed by atoms with Crippen LogP contribution in [-0.2, 0) is 20.7 Å². The van der Waals surface area contributed by atoms with Crippen LogP contribution in [0.4, 0.5) is 0 Å². The number of carbonyl (C=O) groups is 1. The van der Waals surface area contributed by atoms with Crippen LogP contribution in [0.5, 0.6) is 5.75 Å². The number of hydrogen-bond donors (Lipinski definition) is 0. The van der Waals surface area contributed by atoms with E-state index in [4.69, 9.17) is 14.2 Å². The van der Waals surface area contributed by atoms with Crippen molar-refractivity contribution in [2.75, 3.05) is 26.9 Å². The minimum absolute atomic E-state index is 0.0482. The number of ether oxygens (including phenoxy) is 3. The average Bonchev–Trinajstić information content (AvgIpc) is 2.42. The van der Waals surface area contributed by atoms with Crippen LogP contribution >= 0.6 is 0 Å². The molecule has 4 nitrogen and oxygen atoms in total. The maximum Gasteiger partial charge on any atom is 0.195 e. The molecule has 0 aliphatic rings. The molecule has 0 aliphatic carbocycles. The topological polar surface area (TPSA) is 44.8 Å². The first-order chi connectivity index (χ1) is 9.90. The smallest absolute Gasteiger partial charge is 0.195 e. The molecule has 0 aliphatic heterocycles. The molecule has 0 radical (unpaired) electrons. The lowest BCUT2D eigenvalue weighted by Crippen LogP contribution is -2.19. The van der Waals surface area contributed by atoms with Crippen molar-refractivity contribution in [2.45, 2.75) is 39.2 Å². The summed E-state index contributed by atoms with van der Waals surface area (Å²) in [5, 5.41) is 0. The van der Waals surface area contributed by atoms with Gasteiger partial charge in [-0.25, -0.2) is 0 Å². The van der Waals surface area contributed by atoms with Crippen molar-refractivity contribution in [3.8, 4) is 5.75 Å². The Bertz CT molecular complexity index is 417. The van der Waals surface area contributed by atoms with Gasteiger partial charge in [0.25, 0.3) is 0 Å². The standard InChI is InChI=1S/C17H26O4/c1-17(2,3)21-11-5-6-14-7-9-16(10-8-14)20-13-15(18)12-19-4/h7-10H,5-6,11-13H2,1-4H3. The number of benzene rings is 1. The van der Waals surface area contributed by atoms with Gasteiger partial charge in [-0.2, -0.15) is 0 Å². The van der Waals surface area contributed by atoms with Crippen LogP contribution in [0.3, 0.4) is 0 Å². The van der Waals surface area contributed by atoms with E-state index in [9.17, 15) is 4.79 Å². The molecule has 0 aromatic heterocycles. The third kappa shape index (κ3) is 8.48. The fourth-order valence-corrected chi connectivity index (χ4v) is 1.77. The maximum absolute atomic E-state index is 11.3. The second-order valence-electron chi connectivity index (χ2n) is 5.97. The predicted octanol–water partition coefficient (Wildman–Crippen LogP) is 3.03. The van der Waals surface area contributed by atoms with E-state index in [0.29, 0.717) is 5.75 Å². The van der Waals surface area contributed by atoms with E-state index >= 15 is 0 Å². The molecule has 1 aromatic carbocycles. The highest BCUT2D eigenvalue weighted by Crippen LogP contribution is 2.14. The van der Waals surface area contributed by atoms with Crippen LogP contribution in [0.15, 0.2) is 24.3 Å². The highest BCUT2D eigenvalue weighted by molar-refractivity contribution is 5.81. The Morgan fingerprint density at radius 1 is 1.10 bits per heavy atom. The first-order valence-corrected chi connectivity index (χ1v) is 7.27. The van der Waals surface area contributed by atoms with Gasteiger partial charge in [0.2, 0.25) is 0 Å². The van der Waals surface area contributed by atoms with Gasteiger partial charge in [-0.3, -0.25) is 4.79 Å². The SMILES string of the molecule is COCC(=O)COc1ccc(CCCOC(C)(C)C)cc1. The Morgan fingerprint density at radius 3 is 2.33 bits per heavy atom. The van der Waals surface area contributed by atoms with Gasteiger partial charge >= 0.3 is 0 Å². The fraction of sp³-hybridized carbons (Fsp3) is 0.588. The van der Waals surface area contributed by atoms with E-state index in [1.807, 2.05) is 24.3 Å². The minimum Gasteiger partial charge on any atom is -0.486 e. The van der Waals surface area contributed by atoms with Gasteiger partial charge < -0.3 is 14.2 Å². The quantitative estimate of drug-likeness (QED) is 0.657. The number of hydrogen-bond acceptors (Lipinski definition) is 4. The third-order valence-electron chi connectivity index (χ3n) is 2.77. The summed E-state index contributed by atoms with van der Waals surface area (Å²) >= 11 is 0. The molecule has 0 fully saturated rings. The van der Waals surface area contributed by atoms with Crippen LogP contribution in [0, 0.1) is 0 Å². The average molecular weight is 294 g/mol. The molecule has 1 aromatic rings. The summed E-state index contributed by atoms with van der Waals surface area (Å²) in [5.41, 5.74) is 1.16. The summed E-state index contributed by atoms with van der Waals surface area (Å²) in [6, 6.07) is 7.82. The van der Waals surface area contributed by atoms with Gasteiger partial charge in [0, 0.05) is 13.7 Å². The molecule has 0 N–H and O–H groups in total. The highest BCUT2D eigenvalue weighted by atomic mass is 16.5. The van der Waals surface area contributed by atoms with Crippen molar-refractivity contribution in [3.63, 3.8) is 0 Å². The maximum atomic E-state index is 11.3. The number of Topliss-reactive ketones (excluding diaryl/α,β-unsaturated/α-hetero) is 1. The first kappa shape index (κ1) is 17.7. The monoisotopic (exact) mass is 294 g/mol. The molecular weight excluding hydrogens is 268 g/mol. The number of methoxy groups -OCH3 is 1. The molecule has 21 heavy (non-hydrogen) atoms. The summed E-state index contributed by atoms with van der Waals surface area (Å²) in [6.45, 7) is 7.07. The van der Waals surface area contributed by atoms with Crippen molar-refractivity contribution < 1.29 is 19.0 Å². The Balaban J connectivity index is 2.28. The molecule has 1 rings (SSSR count). The molecule has 0 heterocycles. The second kappa shape index (κ2) is 8.80. The summed E-state index contributed by atoms with van der Waals surface area (Å²) in [5.74, 6) is 0.634.